The minimum absolute atomic E-state index is 0.0278. The van der Waals surface area contributed by atoms with Crippen LogP contribution in [0.15, 0.2) is 0 Å². The number of aliphatic hydroxyl groups is 3. The molecule has 0 rings (SSSR count). The third-order valence-electron chi connectivity index (χ3n) is 0.836. The van der Waals surface area contributed by atoms with E-state index in [1.807, 2.05) is 13.8 Å². The van der Waals surface area contributed by atoms with E-state index in [0.717, 1.165) is 0 Å². The Balaban J connectivity index is 0. The fourth-order valence-corrected chi connectivity index (χ4v) is 0.231. The van der Waals surface area contributed by atoms with Gasteiger partial charge in [0.25, 0.3) is 0 Å². The highest BCUT2D eigenvalue weighted by molar-refractivity contribution is 4.32. The molecule has 0 bridgehead atoms. The summed E-state index contributed by atoms with van der Waals surface area (Å²) in [6.45, 7) is 4.95. The maximum atomic E-state index is 8.14. The van der Waals surface area contributed by atoms with Crippen molar-refractivity contribution in [3.63, 3.8) is 0 Å². The summed E-state index contributed by atoms with van der Waals surface area (Å²) in [4.78, 5) is 0. The molecular formula is C8H20O4. The van der Waals surface area contributed by atoms with Gasteiger partial charge in [0.15, 0.2) is 0 Å². The summed E-state index contributed by atoms with van der Waals surface area (Å²) < 4.78 is 4.63. The lowest BCUT2D eigenvalue weighted by atomic mass is 10.2. The Morgan fingerprint density at radius 3 is 1.50 bits per heavy atom. The normalized spacial score (nSPS) is 9.50. The summed E-state index contributed by atoms with van der Waals surface area (Å²) in [5, 5.41) is 24.3. The highest BCUT2D eigenvalue weighted by Crippen LogP contribution is 1.83. The molecule has 0 unspecified atom stereocenters. The predicted octanol–water partition coefficient (Wildman–Crippen LogP) is -0.378. The van der Waals surface area contributed by atoms with Crippen LogP contribution in [0.1, 0.15) is 13.8 Å². The molecule has 0 aromatic carbocycles. The van der Waals surface area contributed by atoms with Gasteiger partial charge in [0.2, 0.25) is 0 Å². The van der Waals surface area contributed by atoms with E-state index in [1.165, 1.54) is 0 Å². The first-order chi connectivity index (χ1) is 5.68. The van der Waals surface area contributed by atoms with Crippen molar-refractivity contribution < 1.29 is 20.1 Å². The van der Waals surface area contributed by atoms with Crippen molar-refractivity contribution in [3.8, 4) is 0 Å². The van der Waals surface area contributed by atoms with Crippen LogP contribution >= 0.6 is 0 Å². The van der Waals surface area contributed by atoms with Gasteiger partial charge >= 0.3 is 0 Å². The number of rotatable bonds is 5. The lowest BCUT2D eigenvalue weighted by molar-refractivity contribution is 0.0650. The van der Waals surface area contributed by atoms with E-state index in [1.54, 1.807) is 0 Å². The summed E-state index contributed by atoms with van der Waals surface area (Å²) in [6.07, 6.45) is 0. The molecule has 0 saturated heterocycles. The third-order valence-corrected chi connectivity index (χ3v) is 0.836. The van der Waals surface area contributed by atoms with E-state index < -0.39 is 0 Å². The molecule has 3 N–H and O–H groups in total. The lowest BCUT2D eigenvalue weighted by Gasteiger charge is -1.94. The van der Waals surface area contributed by atoms with Crippen molar-refractivity contribution in [2.24, 2.45) is 5.92 Å². The van der Waals surface area contributed by atoms with Crippen LogP contribution in [0.5, 0.6) is 0 Å². The van der Waals surface area contributed by atoms with Crippen LogP contribution in [0.3, 0.4) is 0 Å². The molecule has 0 aliphatic heterocycles. The Bertz CT molecular complexity index is 62.1. The Labute approximate surface area is 73.8 Å². The van der Waals surface area contributed by atoms with Gasteiger partial charge in [-0.05, 0) is 5.92 Å². The van der Waals surface area contributed by atoms with Crippen molar-refractivity contribution in [2.75, 3.05) is 33.0 Å². The van der Waals surface area contributed by atoms with Crippen LogP contribution in [0.25, 0.3) is 0 Å². The van der Waals surface area contributed by atoms with E-state index in [4.69, 9.17) is 15.3 Å². The van der Waals surface area contributed by atoms with Gasteiger partial charge < -0.3 is 20.1 Å². The average molecular weight is 180 g/mol. The number of ether oxygens (including phenoxy) is 1. The second-order valence-corrected chi connectivity index (χ2v) is 2.64. The molecule has 0 aliphatic carbocycles. The lowest BCUT2D eigenvalue weighted by Crippen LogP contribution is -2.03. The molecule has 4 heteroatoms. The highest BCUT2D eigenvalue weighted by atomic mass is 16.5. The Morgan fingerprint density at radius 2 is 1.33 bits per heavy atom. The van der Waals surface area contributed by atoms with Crippen LogP contribution in [-0.2, 0) is 4.74 Å². The first kappa shape index (κ1) is 14.4. The second kappa shape index (κ2) is 13.4. The van der Waals surface area contributed by atoms with Gasteiger partial charge in [-0.25, -0.2) is 0 Å². The van der Waals surface area contributed by atoms with Crippen molar-refractivity contribution >= 4 is 0 Å². The number of hydrogen-bond acceptors (Lipinski definition) is 4. The molecule has 0 radical (unpaired) electrons. The number of hydrogen-bond donors (Lipinski definition) is 3. The molecule has 12 heavy (non-hydrogen) atoms. The van der Waals surface area contributed by atoms with E-state index in [2.05, 4.69) is 4.74 Å². The summed E-state index contributed by atoms with van der Waals surface area (Å²) in [5.41, 5.74) is 0. The maximum Gasteiger partial charge on any atom is 0.0698 e. The zero-order valence-corrected chi connectivity index (χ0v) is 7.86. The maximum absolute atomic E-state index is 8.14. The topological polar surface area (TPSA) is 69.9 Å². The Morgan fingerprint density at radius 1 is 1.00 bits per heavy atom. The molecule has 0 fully saturated rings. The van der Waals surface area contributed by atoms with Crippen LogP contribution in [-0.4, -0.2) is 48.4 Å². The quantitative estimate of drug-likeness (QED) is 0.504. The van der Waals surface area contributed by atoms with Gasteiger partial charge in [-0.3, -0.25) is 0 Å². The molecule has 0 amide bonds. The van der Waals surface area contributed by atoms with Crippen LogP contribution in [0.2, 0.25) is 0 Å². The minimum Gasteiger partial charge on any atom is -0.396 e. The van der Waals surface area contributed by atoms with Crippen molar-refractivity contribution in [2.45, 2.75) is 13.8 Å². The number of aliphatic hydroxyl groups excluding tert-OH is 3. The highest BCUT2D eigenvalue weighted by Gasteiger charge is 1.81. The molecule has 0 aromatic rings. The SMILES string of the molecule is CC(C)CO.OCCOCCO. The van der Waals surface area contributed by atoms with Gasteiger partial charge in [0, 0.05) is 6.61 Å². The molecule has 0 spiro atoms. The monoisotopic (exact) mass is 180 g/mol. The van der Waals surface area contributed by atoms with Gasteiger partial charge in [-0.2, -0.15) is 0 Å². The second-order valence-electron chi connectivity index (χ2n) is 2.64. The van der Waals surface area contributed by atoms with E-state index in [0.29, 0.717) is 25.7 Å². The molecule has 76 valence electrons. The fourth-order valence-electron chi connectivity index (χ4n) is 0.231. The fraction of sp³-hybridized carbons (Fsp3) is 1.00. The standard InChI is InChI=1S/C4H10O3.C4H10O/c5-1-3-7-4-2-6;1-4(2)3-5/h5-6H,1-4H2;4-5H,3H2,1-2H3. The Kier molecular flexibility index (Phi) is 16.1. The van der Waals surface area contributed by atoms with Gasteiger partial charge in [-0.1, -0.05) is 13.8 Å². The average Bonchev–Trinajstić information content (AvgIpc) is 2.07. The van der Waals surface area contributed by atoms with E-state index in [9.17, 15) is 0 Å². The summed E-state index contributed by atoms with van der Waals surface area (Å²) in [5.74, 6) is 0.440. The zero-order chi connectivity index (χ0) is 9.82. The molecule has 0 saturated carbocycles. The molecule has 4 nitrogen and oxygen atoms in total. The molecule has 0 aromatic heterocycles. The molecule has 0 aliphatic rings. The van der Waals surface area contributed by atoms with Crippen molar-refractivity contribution in [1.82, 2.24) is 0 Å². The van der Waals surface area contributed by atoms with Crippen LogP contribution in [0.4, 0.5) is 0 Å². The summed E-state index contributed by atoms with van der Waals surface area (Å²) in [6, 6.07) is 0. The third kappa shape index (κ3) is 22.5. The van der Waals surface area contributed by atoms with Crippen molar-refractivity contribution in [1.29, 1.82) is 0 Å². The van der Waals surface area contributed by atoms with Gasteiger partial charge in [0.05, 0.1) is 26.4 Å². The van der Waals surface area contributed by atoms with E-state index >= 15 is 0 Å². The first-order valence-electron chi connectivity index (χ1n) is 4.09. The van der Waals surface area contributed by atoms with Crippen molar-refractivity contribution in [3.05, 3.63) is 0 Å². The van der Waals surface area contributed by atoms with Gasteiger partial charge in [-0.15, -0.1) is 0 Å². The molecule has 0 atom stereocenters. The molecule has 0 heterocycles. The minimum atomic E-state index is 0.0278. The predicted molar refractivity (Wildman–Crippen MR) is 46.9 cm³/mol. The van der Waals surface area contributed by atoms with Gasteiger partial charge in [0.1, 0.15) is 0 Å². The summed E-state index contributed by atoms with van der Waals surface area (Å²) in [7, 11) is 0. The largest absolute Gasteiger partial charge is 0.396 e. The smallest absolute Gasteiger partial charge is 0.0698 e. The summed E-state index contributed by atoms with van der Waals surface area (Å²) >= 11 is 0. The van der Waals surface area contributed by atoms with E-state index in [-0.39, 0.29) is 13.2 Å². The molecular weight excluding hydrogens is 160 g/mol. The first-order valence-corrected chi connectivity index (χ1v) is 4.09. The van der Waals surface area contributed by atoms with Crippen LogP contribution in [0, 0.1) is 5.92 Å². The van der Waals surface area contributed by atoms with Crippen LogP contribution < -0.4 is 0 Å². The zero-order valence-electron chi connectivity index (χ0n) is 7.86. The Hall–Kier alpha value is -0.160.